The molecule has 0 bridgehead atoms. The molecule has 1 aliphatic heterocycles. The highest BCUT2D eigenvalue weighted by Crippen LogP contribution is 2.56. The minimum atomic E-state index is -7.67. The number of hydrogen-bond donors (Lipinski definition) is 0. The summed E-state index contributed by atoms with van der Waals surface area (Å²) in [5.41, 5.74) is 0. The zero-order valence-electron chi connectivity index (χ0n) is 11.2. The highest BCUT2D eigenvalue weighted by Gasteiger charge is 2.85. The molecule has 0 radical (unpaired) electrons. The van der Waals surface area contributed by atoms with E-state index in [2.05, 4.69) is 9.47 Å². The van der Waals surface area contributed by atoms with Crippen LogP contribution in [-0.2, 0) is 14.2 Å². The summed E-state index contributed by atoms with van der Waals surface area (Å²) in [5.74, 6) is -22.8. The van der Waals surface area contributed by atoms with Crippen LogP contribution in [0.25, 0.3) is 0 Å². The summed E-state index contributed by atoms with van der Waals surface area (Å²) in [7, 11) is 0. The fourth-order valence-electron chi connectivity index (χ4n) is 1.26. The molecule has 0 aliphatic carbocycles. The predicted octanol–water partition coefficient (Wildman–Crippen LogP) is 4.80. The first-order chi connectivity index (χ1) is 11.2. The maximum Gasteiger partial charge on any atom is 0.460 e. The Balaban J connectivity index is 3.21. The minimum Gasteiger partial charge on any atom is -0.454 e. The van der Waals surface area contributed by atoms with Gasteiger partial charge in [-0.15, -0.1) is 0 Å². The van der Waals surface area contributed by atoms with Gasteiger partial charge in [0.1, 0.15) is 0 Å². The van der Waals surface area contributed by atoms with Crippen LogP contribution in [0.15, 0.2) is 12.0 Å². The predicted molar refractivity (Wildman–Crippen MR) is 47.0 cm³/mol. The van der Waals surface area contributed by atoms with Crippen molar-refractivity contribution >= 4 is 0 Å². The second-order valence-electron chi connectivity index (χ2n) is 4.45. The van der Waals surface area contributed by atoms with Crippen molar-refractivity contribution < 1.29 is 75.7 Å². The molecule has 0 aromatic heterocycles. The lowest BCUT2D eigenvalue weighted by Gasteiger charge is -2.36. The van der Waals surface area contributed by atoms with Crippen LogP contribution in [0.3, 0.4) is 0 Å². The first-order valence-corrected chi connectivity index (χ1v) is 5.56. The molecule has 1 unspecified atom stereocenters. The molecule has 1 aliphatic rings. The van der Waals surface area contributed by atoms with Crippen LogP contribution in [0, 0.1) is 0 Å². The maximum atomic E-state index is 13.6. The second kappa shape index (κ2) is 5.91. The van der Waals surface area contributed by atoms with Crippen molar-refractivity contribution in [1.29, 1.82) is 0 Å². The van der Waals surface area contributed by atoms with Gasteiger partial charge in [-0.1, -0.05) is 0 Å². The van der Waals surface area contributed by atoms with Crippen molar-refractivity contribution in [2.75, 3.05) is 6.61 Å². The second-order valence-corrected chi connectivity index (χ2v) is 4.45. The zero-order chi connectivity index (χ0) is 21.0. The third-order valence-electron chi connectivity index (χ3n) is 2.60. The van der Waals surface area contributed by atoms with Crippen molar-refractivity contribution in [3.05, 3.63) is 12.0 Å². The van der Waals surface area contributed by atoms with E-state index in [1.807, 2.05) is 4.74 Å². The molecule has 3 nitrogen and oxygen atoms in total. The summed E-state index contributed by atoms with van der Waals surface area (Å²) in [5, 5.41) is 0. The summed E-state index contributed by atoms with van der Waals surface area (Å²) in [6.07, 6.45) is -24.3. The molecule has 0 N–H and O–H groups in total. The maximum absolute atomic E-state index is 13.6. The van der Waals surface area contributed by atoms with Crippen LogP contribution in [0.4, 0.5) is 61.5 Å². The topological polar surface area (TPSA) is 27.7 Å². The summed E-state index contributed by atoms with van der Waals surface area (Å²) < 4.78 is 184. The lowest BCUT2D eigenvalue weighted by molar-refractivity contribution is -0.505. The van der Waals surface area contributed by atoms with E-state index in [1.165, 1.54) is 0 Å². The number of ether oxygens (including phenoxy) is 3. The van der Waals surface area contributed by atoms with Gasteiger partial charge in [-0.05, 0) is 0 Å². The summed E-state index contributed by atoms with van der Waals surface area (Å²) in [4.78, 5) is 0. The van der Waals surface area contributed by atoms with Gasteiger partial charge in [-0.2, -0.15) is 61.5 Å². The van der Waals surface area contributed by atoms with E-state index in [-0.39, 0.29) is 0 Å². The molecule has 1 saturated heterocycles. The number of hydrogen-bond acceptors (Lipinski definition) is 3. The molecule has 0 saturated carbocycles. The van der Waals surface area contributed by atoms with E-state index in [9.17, 15) is 61.5 Å². The average molecular weight is 424 g/mol. The SMILES string of the molecule is FC(F)=C1OCC(F)(C(F)(F)OC(F)(F)C(F)(F)C(F)(F)C(F)(F)F)O1. The summed E-state index contributed by atoms with van der Waals surface area (Å²) in [6, 6.07) is 0. The van der Waals surface area contributed by atoms with E-state index < -0.39 is 54.7 Å². The molecule has 0 aromatic rings. The number of alkyl halides is 12. The molecule has 0 amide bonds. The molecule has 1 rings (SSSR count). The highest BCUT2D eigenvalue weighted by molar-refractivity contribution is 5.00. The van der Waals surface area contributed by atoms with Gasteiger partial charge in [0.05, 0.1) is 0 Å². The van der Waals surface area contributed by atoms with Crippen LogP contribution >= 0.6 is 0 Å². The van der Waals surface area contributed by atoms with Crippen LogP contribution in [0.2, 0.25) is 0 Å². The Morgan fingerprint density at radius 2 is 1.31 bits per heavy atom. The van der Waals surface area contributed by atoms with Gasteiger partial charge >= 0.3 is 48.1 Å². The summed E-state index contributed by atoms with van der Waals surface area (Å²) >= 11 is 0. The van der Waals surface area contributed by atoms with Gasteiger partial charge in [0.2, 0.25) is 0 Å². The van der Waals surface area contributed by atoms with Crippen molar-refractivity contribution in [3.63, 3.8) is 0 Å². The van der Waals surface area contributed by atoms with E-state index in [1.54, 1.807) is 0 Å². The summed E-state index contributed by atoms with van der Waals surface area (Å²) in [6.45, 7) is -2.38. The first kappa shape index (κ1) is 22.4. The standard InChI is InChI=1S/C9H2F14O3/c10-2(11)3-24-1-4(12,25-3)8(20,21)26-9(22,23)6(15,16)5(13,14)7(17,18)19/h1H2. The Bertz CT molecular complexity index is 577. The third kappa shape index (κ3) is 3.32. The van der Waals surface area contributed by atoms with Crippen LogP contribution < -0.4 is 0 Å². The molecule has 17 heteroatoms. The number of rotatable bonds is 5. The van der Waals surface area contributed by atoms with Crippen LogP contribution in [0.1, 0.15) is 0 Å². The Kier molecular flexibility index (Phi) is 5.09. The Hall–Kier alpha value is -1.68. The van der Waals surface area contributed by atoms with E-state index >= 15 is 0 Å². The minimum absolute atomic E-state index is 1.84. The lowest BCUT2D eigenvalue weighted by atomic mass is 10.1. The number of halogens is 14. The van der Waals surface area contributed by atoms with E-state index in [0.717, 1.165) is 0 Å². The highest BCUT2D eigenvalue weighted by atomic mass is 19.4. The van der Waals surface area contributed by atoms with Crippen molar-refractivity contribution in [3.8, 4) is 0 Å². The Labute approximate surface area is 132 Å². The fourth-order valence-corrected chi connectivity index (χ4v) is 1.26. The largest absolute Gasteiger partial charge is 0.460 e. The molecule has 154 valence electrons. The molecule has 1 atom stereocenters. The third-order valence-corrected chi connectivity index (χ3v) is 2.60. The Morgan fingerprint density at radius 3 is 1.65 bits per heavy atom. The molecule has 1 fully saturated rings. The molecule has 26 heavy (non-hydrogen) atoms. The van der Waals surface area contributed by atoms with Crippen LogP contribution in [-0.4, -0.2) is 42.7 Å². The molecule has 0 aromatic carbocycles. The Morgan fingerprint density at radius 1 is 0.846 bits per heavy atom. The molecular weight excluding hydrogens is 422 g/mol. The van der Waals surface area contributed by atoms with Crippen molar-refractivity contribution in [2.24, 2.45) is 0 Å². The van der Waals surface area contributed by atoms with E-state index in [4.69, 9.17) is 0 Å². The van der Waals surface area contributed by atoms with Crippen LogP contribution in [0.5, 0.6) is 0 Å². The fraction of sp³-hybridized carbons (Fsp3) is 0.778. The van der Waals surface area contributed by atoms with Gasteiger partial charge in [0, 0.05) is 0 Å². The van der Waals surface area contributed by atoms with E-state index in [0.29, 0.717) is 0 Å². The van der Waals surface area contributed by atoms with Gasteiger partial charge in [-0.3, -0.25) is 0 Å². The van der Waals surface area contributed by atoms with Crippen molar-refractivity contribution in [1.82, 2.24) is 0 Å². The van der Waals surface area contributed by atoms with Gasteiger partial charge in [0.25, 0.3) is 0 Å². The first-order valence-electron chi connectivity index (χ1n) is 5.56. The monoisotopic (exact) mass is 424 g/mol. The molecular formula is C9H2F14O3. The quantitative estimate of drug-likeness (QED) is 0.594. The normalized spacial score (nSPS) is 22.9. The van der Waals surface area contributed by atoms with Gasteiger partial charge < -0.3 is 9.47 Å². The zero-order valence-corrected chi connectivity index (χ0v) is 11.2. The lowest BCUT2D eigenvalue weighted by Crippen LogP contribution is -2.64. The van der Waals surface area contributed by atoms with Crippen molar-refractivity contribution in [2.45, 2.75) is 36.1 Å². The molecule has 1 heterocycles. The molecule has 0 spiro atoms. The smallest absolute Gasteiger partial charge is 0.454 e. The van der Waals surface area contributed by atoms with Gasteiger partial charge in [0.15, 0.2) is 6.61 Å². The van der Waals surface area contributed by atoms with Gasteiger partial charge in [-0.25, -0.2) is 4.74 Å². The average Bonchev–Trinajstić information content (AvgIpc) is 2.80.